The predicted molar refractivity (Wildman–Crippen MR) is 67.8 cm³/mol. The number of hydrogen-bond donors (Lipinski definition) is 2. The molecular weight excluding hydrogens is 236 g/mol. The number of nitrogens with one attached hydrogen (secondary N) is 1. The zero-order valence-corrected chi connectivity index (χ0v) is 10.3. The third-order valence-corrected chi connectivity index (χ3v) is 2.69. The van der Waals surface area contributed by atoms with Crippen LogP contribution in [0.25, 0.3) is 0 Å². The number of aliphatic carboxylic acids is 1. The van der Waals surface area contributed by atoms with Gasteiger partial charge < -0.3 is 10.4 Å². The normalized spacial score (nSPS) is 11.9. The zero-order chi connectivity index (χ0) is 13.7. The minimum absolute atomic E-state index is 0.0157. The van der Waals surface area contributed by atoms with Crippen LogP contribution in [0, 0.1) is 17.0 Å². The van der Waals surface area contributed by atoms with E-state index in [1.807, 2.05) is 6.92 Å². The van der Waals surface area contributed by atoms with Crippen LogP contribution in [-0.2, 0) is 4.79 Å². The van der Waals surface area contributed by atoms with Crippen molar-refractivity contribution >= 4 is 17.3 Å². The summed E-state index contributed by atoms with van der Waals surface area (Å²) in [4.78, 5) is 21.0. The van der Waals surface area contributed by atoms with Crippen LogP contribution in [0.1, 0.15) is 25.3 Å². The van der Waals surface area contributed by atoms with Crippen molar-refractivity contribution in [3.63, 3.8) is 0 Å². The quantitative estimate of drug-likeness (QED) is 0.599. The molecule has 0 fully saturated rings. The Hall–Kier alpha value is -2.11. The van der Waals surface area contributed by atoms with Gasteiger partial charge in [-0.25, -0.2) is 0 Å². The number of nitro benzene ring substituents is 1. The van der Waals surface area contributed by atoms with E-state index in [-0.39, 0.29) is 18.2 Å². The molecule has 0 spiro atoms. The molecule has 1 rings (SSSR count). The molecular formula is C12H16N2O4. The maximum atomic E-state index is 10.8. The predicted octanol–water partition coefficient (Wildman–Crippen LogP) is 2.57. The van der Waals surface area contributed by atoms with E-state index in [0.717, 1.165) is 0 Å². The average molecular weight is 252 g/mol. The Balaban J connectivity index is 2.87. The van der Waals surface area contributed by atoms with E-state index >= 15 is 0 Å². The van der Waals surface area contributed by atoms with Crippen LogP contribution >= 0.6 is 0 Å². The number of carbonyl (C=O) groups is 1. The van der Waals surface area contributed by atoms with Gasteiger partial charge in [-0.15, -0.1) is 0 Å². The minimum Gasteiger partial charge on any atom is -0.481 e. The third-order valence-electron chi connectivity index (χ3n) is 2.69. The molecule has 98 valence electrons. The lowest BCUT2D eigenvalue weighted by Crippen LogP contribution is -2.22. The molecule has 0 radical (unpaired) electrons. The summed E-state index contributed by atoms with van der Waals surface area (Å²) in [6, 6.07) is 4.56. The molecule has 6 heteroatoms. The lowest BCUT2D eigenvalue weighted by molar-refractivity contribution is -0.385. The summed E-state index contributed by atoms with van der Waals surface area (Å²) in [5.41, 5.74) is 1.18. The first kappa shape index (κ1) is 14.0. The Bertz CT molecular complexity index is 459. The zero-order valence-electron chi connectivity index (χ0n) is 10.3. The molecule has 0 aliphatic rings. The van der Waals surface area contributed by atoms with Crippen molar-refractivity contribution < 1.29 is 14.8 Å². The highest BCUT2D eigenvalue weighted by Crippen LogP contribution is 2.23. The Morgan fingerprint density at radius 1 is 1.56 bits per heavy atom. The summed E-state index contributed by atoms with van der Waals surface area (Å²) < 4.78 is 0. The number of aryl methyl sites for hydroxylation is 1. The lowest BCUT2D eigenvalue weighted by atomic mass is 10.1. The van der Waals surface area contributed by atoms with Crippen molar-refractivity contribution in [2.24, 2.45) is 0 Å². The molecule has 0 heterocycles. The van der Waals surface area contributed by atoms with Crippen LogP contribution in [0.5, 0.6) is 0 Å². The first-order valence-electron chi connectivity index (χ1n) is 5.67. The monoisotopic (exact) mass is 252 g/mol. The first-order valence-corrected chi connectivity index (χ1v) is 5.67. The molecule has 2 N–H and O–H groups in total. The van der Waals surface area contributed by atoms with Gasteiger partial charge in [-0.3, -0.25) is 14.9 Å². The second-order valence-corrected chi connectivity index (χ2v) is 4.11. The van der Waals surface area contributed by atoms with Gasteiger partial charge in [0, 0.05) is 23.4 Å². The molecule has 6 nitrogen and oxygen atoms in total. The maximum Gasteiger partial charge on any atom is 0.305 e. The molecule has 1 unspecified atom stereocenters. The molecule has 1 aromatic rings. The van der Waals surface area contributed by atoms with Gasteiger partial charge >= 0.3 is 5.97 Å². The number of anilines is 1. The van der Waals surface area contributed by atoms with Gasteiger partial charge in [0.05, 0.1) is 11.3 Å². The van der Waals surface area contributed by atoms with E-state index in [1.165, 1.54) is 6.07 Å². The van der Waals surface area contributed by atoms with Gasteiger partial charge in [0.15, 0.2) is 0 Å². The number of benzene rings is 1. The summed E-state index contributed by atoms with van der Waals surface area (Å²) in [6.07, 6.45) is 0.617. The lowest BCUT2D eigenvalue weighted by Gasteiger charge is -2.16. The number of hydrogen-bond acceptors (Lipinski definition) is 4. The van der Waals surface area contributed by atoms with Crippen LogP contribution in [0.4, 0.5) is 11.4 Å². The van der Waals surface area contributed by atoms with E-state index in [0.29, 0.717) is 17.7 Å². The highest BCUT2D eigenvalue weighted by atomic mass is 16.6. The summed E-state index contributed by atoms with van der Waals surface area (Å²) >= 11 is 0. The second-order valence-electron chi connectivity index (χ2n) is 4.11. The first-order chi connectivity index (χ1) is 8.43. The van der Waals surface area contributed by atoms with Gasteiger partial charge in [-0.1, -0.05) is 13.0 Å². The fraction of sp³-hybridized carbons (Fsp3) is 0.417. The Labute approximate surface area is 105 Å². The number of nitrogens with zero attached hydrogens (tertiary/aromatic N) is 1. The Morgan fingerprint density at radius 2 is 2.22 bits per heavy atom. The SMILES string of the molecule is CCC(CC(=O)O)Nc1ccc(C)c([N+](=O)[O-])c1. The van der Waals surface area contributed by atoms with Crippen molar-refractivity contribution in [3.8, 4) is 0 Å². The molecule has 0 amide bonds. The van der Waals surface area contributed by atoms with Gasteiger partial charge in [0.2, 0.25) is 0 Å². The number of rotatable bonds is 6. The topological polar surface area (TPSA) is 92.5 Å². The molecule has 18 heavy (non-hydrogen) atoms. The number of nitro groups is 1. The van der Waals surface area contributed by atoms with E-state index in [9.17, 15) is 14.9 Å². The summed E-state index contributed by atoms with van der Waals surface area (Å²) in [5.74, 6) is -0.893. The molecule has 0 aliphatic heterocycles. The largest absolute Gasteiger partial charge is 0.481 e. The van der Waals surface area contributed by atoms with Crippen LogP contribution in [0.3, 0.4) is 0 Å². The summed E-state index contributed by atoms with van der Waals surface area (Å²) in [5, 5.41) is 22.5. The van der Waals surface area contributed by atoms with Crippen molar-refractivity contribution in [2.75, 3.05) is 5.32 Å². The minimum atomic E-state index is -0.893. The maximum absolute atomic E-state index is 10.8. The third kappa shape index (κ3) is 3.73. The van der Waals surface area contributed by atoms with Crippen LogP contribution in [0.2, 0.25) is 0 Å². The average Bonchev–Trinajstić information content (AvgIpc) is 2.29. The molecule has 0 aromatic heterocycles. The highest BCUT2D eigenvalue weighted by Gasteiger charge is 2.14. The van der Waals surface area contributed by atoms with Crippen molar-refractivity contribution in [1.82, 2.24) is 0 Å². The van der Waals surface area contributed by atoms with Crippen molar-refractivity contribution in [3.05, 3.63) is 33.9 Å². The number of carboxylic acid groups (broad SMARTS) is 1. The van der Waals surface area contributed by atoms with Gasteiger partial charge in [0.25, 0.3) is 5.69 Å². The molecule has 0 saturated heterocycles. The summed E-state index contributed by atoms with van der Waals surface area (Å²) in [6.45, 7) is 3.53. The second kappa shape index (κ2) is 6.00. The molecule has 0 bridgehead atoms. The standard InChI is InChI=1S/C12H16N2O4/c1-3-9(7-12(15)16)13-10-5-4-8(2)11(6-10)14(17)18/h4-6,9,13H,3,7H2,1-2H3,(H,15,16). The fourth-order valence-electron chi connectivity index (χ4n) is 1.64. The molecule has 1 atom stereocenters. The van der Waals surface area contributed by atoms with Crippen LogP contribution < -0.4 is 5.32 Å². The highest BCUT2D eigenvalue weighted by molar-refractivity contribution is 5.68. The Morgan fingerprint density at radius 3 is 2.72 bits per heavy atom. The van der Waals surface area contributed by atoms with E-state index in [1.54, 1.807) is 19.1 Å². The molecule has 0 saturated carbocycles. The van der Waals surface area contributed by atoms with Gasteiger partial charge in [-0.05, 0) is 19.4 Å². The van der Waals surface area contributed by atoms with E-state index < -0.39 is 10.9 Å². The van der Waals surface area contributed by atoms with E-state index in [4.69, 9.17) is 5.11 Å². The van der Waals surface area contributed by atoms with Crippen molar-refractivity contribution in [2.45, 2.75) is 32.7 Å². The Kier molecular flexibility index (Phi) is 4.65. The van der Waals surface area contributed by atoms with Crippen LogP contribution in [-0.4, -0.2) is 22.0 Å². The van der Waals surface area contributed by atoms with Gasteiger partial charge in [0.1, 0.15) is 0 Å². The number of carboxylic acids is 1. The van der Waals surface area contributed by atoms with Crippen molar-refractivity contribution in [1.29, 1.82) is 0 Å². The van der Waals surface area contributed by atoms with E-state index in [2.05, 4.69) is 5.32 Å². The fourth-order valence-corrected chi connectivity index (χ4v) is 1.64. The molecule has 0 aliphatic carbocycles. The molecule has 1 aromatic carbocycles. The van der Waals surface area contributed by atoms with Gasteiger partial charge in [-0.2, -0.15) is 0 Å². The summed E-state index contributed by atoms with van der Waals surface area (Å²) in [7, 11) is 0. The smallest absolute Gasteiger partial charge is 0.305 e. The van der Waals surface area contributed by atoms with Crippen LogP contribution in [0.15, 0.2) is 18.2 Å².